The molecule has 6 atom stereocenters. The van der Waals surface area contributed by atoms with Gasteiger partial charge in [0.05, 0.1) is 36.2 Å². The van der Waals surface area contributed by atoms with E-state index in [1.54, 1.807) is 23.7 Å². The van der Waals surface area contributed by atoms with Gasteiger partial charge in [0.2, 0.25) is 0 Å². The van der Waals surface area contributed by atoms with E-state index in [-0.39, 0.29) is 35.8 Å². The molecule has 2 aliphatic carbocycles. The number of hydrogen-bond donors (Lipinski definition) is 3. The van der Waals surface area contributed by atoms with Crippen LogP contribution in [0.2, 0.25) is 0 Å². The summed E-state index contributed by atoms with van der Waals surface area (Å²) in [5.74, 6) is 1.27. The molecule has 0 spiro atoms. The van der Waals surface area contributed by atoms with E-state index in [0.29, 0.717) is 40.4 Å². The zero-order chi connectivity index (χ0) is 25.1. The number of pyridine rings is 1. The second-order valence-electron chi connectivity index (χ2n) is 10.6. The molecule has 11 nitrogen and oxygen atoms in total. The number of anilines is 3. The van der Waals surface area contributed by atoms with Crippen molar-refractivity contribution < 1.29 is 14.3 Å². The summed E-state index contributed by atoms with van der Waals surface area (Å²) in [7, 11) is 1.79. The van der Waals surface area contributed by atoms with Crippen LogP contribution in [-0.2, 0) is 9.47 Å². The fourth-order valence-corrected chi connectivity index (χ4v) is 6.59. The van der Waals surface area contributed by atoms with Gasteiger partial charge in [0.15, 0.2) is 17.2 Å². The second kappa shape index (κ2) is 8.84. The van der Waals surface area contributed by atoms with E-state index in [0.717, 1.165) is 45.3 Å². The van der Waals surface area contributed by atoms with Crippen molar-refractivity contribution in [2.24, 2.45) is 11.8 Å². The van der Waals surface area contributed by atoms with E-state index < -0.39 is 0 Å². The Morgan fingerprint density at radius 2 is 1.92 bits per heavy atom. The van der Waals surface area contributed by atoms with Crippen LogP contribution in [0.5, 0.6) is 0 Å². The van der Waals surface area contributed by atoms with Crippen molar-refractivity contribution in [3.8, 4) is 0 Å². The Balaban J connectivity index is 1.17. The predicted octanol–water partition coefficient (Wildman–Crippen LogP) is 2.32. The Morgan fingerprint density at radius 3 is 2.76 bits per heavy atom. The lowest BCUT2D eigenvalue weighted by molar-refractivity contribution is -0.0195. The zero-order valence-electron chi connectivity index (χ0n) is 20.7. The molecule has 3 aromatic rings. The quantitative estimate of drug-likeness (QED) is 0.466. The summed E-state index contributed by atoms with van der Waals surface area (Å²) in [6, 6.07) is 5.45. The fraction of sp³-hybridized carbons (Fsp3) is 0.538. The highest BCUT2D eigenvalue weighted by molar-refractivity contribution is 5.94. The lowest BCUT2D eigenvalue weighted by Crippen LogP contribution is -2.44. The lowest BCUT2D eigenvalue weighted by Gasteiger charge is -2.40. The highest BCUT2D eigenvalue weighted by atomic mass is 16.5. The average Bonchev–Trinajstić information content (AvgIpc) is 3.67. The van der Waals surface area contributed by atoms with Gasteiger partial charge in [-0.2, -0.15) is 0 Å². The molecule has 0 bridgehead atoms. The first-order chi connectivity index (χ1) is 18.1. The van der Waals surface area contributed by atoms with Crippen LogP contribution in [0.15, 0.2) is 35.4 Å². The van der Waals surface area contributed by atoms with Gasteiger partial charge in [-0.05, 0) is 56.1 Å². The smallest absolute Gasteiger partial charge is 0.274 e. The van der Waals surface area contributed by atoms with Crippen molar-refractivity contribution in [3.63, 3.8) is 0 Å². The molecule has 0 radical (unpaired) electrons. The number of aromatic nitrogens is 4. The summed E-state index contributed by atoms with van der Waals surface area (Å²) in [6.45, 7) is 1.53. The minimum Gasteiger partial charge on any atom is -0.385 e. The molecule has 0 aromatic carbocycles. The van der Waals surface area contributed by atoms with Crippen LogP contribution in [0.4, 0.5) is 17.2 Å². The molecule has 4 aliphatic rings. The molecule has 3 unspecified atom stereocenters. The minimum absolute atomic E-state index is 0.00614. The molecule has 1 amide bonds. The molecule has 3 N–H and O–H groups in total. The van der Waals surface area contributed by atoms with Crippen molar-refractivity contribution >= 4 is 28.7 Å². The maximum Gasteiger partial charge on any atom is 0.274 e. The highest BCUT2D eigenvalue weighted by Crippen LogP contribution is 2.45. The molecule has 2 saturated carbocycles. The van der Waals surface area contributed by atoms with Crippen LogP contribution in [0, 0.1) is 11.8 Å². The number of amides is 1. The van der Waals surface area contributed by atoms with Crippen molar-refractivity contribution in [1.82, 2.24) is 24.5 Å². The Morgan fingerprint density at radius 1 is 1.08 bits per heavy atom. The molecule has 5 heterocycles. The van der Waals surface area contributed by atoms with Gasteiger partial charge in [0.1, 0.15) is 5.69 Å². The van der Waals surface area contributed by atoms with E-state index in [1.807, 2.05) is 12.3 Å². The molecule has 3 aromatic heterocycles. The molecule has 7 rings (SSSR count). The molecule has 2 aliphatic heterocycles. The number of fused-ring (bicyclic) bond motifs is 3. The van der Waals surface area contributed by atoms with Crippen LogP contribution in [0.3, 0.4) is 0 Å². The summed E-state index contributed by atoms with van der Waals surface area (Å²) < 4.78 is 15.0. The topological polar surface area (TPSA) is 124 Å². The van der Waals surface area contributed by atoms with Gasteiger partial charge < -0.3 is 30.0 Å². The molecule has 2 saturated heterocycles. The van der Waals surface area contributed by atoms with Gasteiger partial charge >= 0.3 is 0 Å². The molecule has 4 fully saturated rings. The largest absolute Gasteiger partial charge is 0.385 e. The first-order valence-corrected chi connectivity index (χ1v) is 13.2. The lowest BCUT2D eigenvalue weighted by atomic mass is 9.76. The molecular weight excluding hydrogens is 474 g/mol. The molecule has 194 valence electrons. The summed E-state index contributed by atoms with van der Waals surface area (Å²) in [5, 5.41) is 14.1. The summed E-state index contributed by atoms with van der Waals surface area (Å²) in [4.78, 5) is 31.0. The molecule has 37 heavy (non-hydrogen) atoms. The van der Waals surface area contributed by atoms with Crippen LogP contribution in [-0.4, -0.2) is 63.6 Å². The Kier molecular flexibility index (Phi) is 5.43. The number of ether oxygens (including phenoxy) is 2. The highest BCUT2D eigenvalue weighted by Gasteiger charge is 2.46. The number of carbonyl (C=O) groups is 1. The van der Waals surface area contributed by atoms with Crippen molar-refractivity contribution in [2.45, 2.75) is 56.4 Å². The van der Waals surface area contributed by atoms with E-state index in [9.17, 15) is 9.59 Å². The second-order valence-corrected chi connectivity index (χ2v) is 10.6. The van der Waals surface area contributed by atoms with Crippen molar-refractivity contribution in [3.05, 3.63) is 46.6 Å². The van der Waals surface area contributed by atoms with Gasteiger partial charge in [0, 0.05) is 32.5 Å². The van der Waals surface area contributed by atoms with Crippen LogP contribution < -0.4 is 21.5 Å². The summed E-state index contributed by atoms with van der Waals surface area (Å²) in [6.07, 6.45) is 8.64. The van der Waals surface area contributed by atoms with E-state index in [4.69, 9.17) is 9.47 Å². The maximum absolute atomic E-state index is 13.3. The van der Waals surface area contributed by atoms with Crippen molar-refractivity contribution in [2.75, 3.05) is 30.9 Å². The molecular formula is C26H31N7O4. The number of carbonyl (C=O) groups excluding carboxylic acids is 1. The minimum atomic E-state index is -0.237. The number of imidazole rings is 1. The van der Waals surface area contributed by atoms with Gasteiger partial charge in [-0.15, -0.1) is 5.10 Å². The third-order valence-electron chi connectivity index (χ3n) is 8.58. The standard InChI is InChI=1S/C26H31N7O4/c1-27-18-12-21(29-17-3-2-8-32(26(17)35)19-11-15-7-10-37-23(15)19)31-33-20(13-28-24(18)33)25(34)30-16-5-4-14-6-9-36-22(14)16/h2-3,8,12-16,19,22-23,27H,4-7,9-11H2,1H3,(H,29,31)(H,30,34)/t14?,15-,16?,19-,22?,23-/m1/s1. The van der Waals surface area contributed by atoms with Crippen LogP contribution in [0.25, 0.3) is 5.65 Å². The van der Waals surface area contributed by atoms with E-state index >= 15 is 0 Å². The fourth-order valence-electron chi connectivity index (χ4n) is 6.59. The van der Waals surface area contributed by atoms with Gasteiger partial charge in [-0.3, -0.25) is 9.59 Å². The zero-order valence-corrected chi connectivity index (χ0v) is 20.7. The van der Waals surface area contributed by atoms with Gasteiger partial charge in [-0.25, -0.2) is 9.50 Å². The molecule has 11 heteroatoms. The van der Waals surface area contributed by atoms with Gasteiger partial charge in [0.25, 0.3) is 11.5 Å². The van der Waals surface area contributed by atoms with Crippen molar-refractivity contribution in [1.29, 1.82) is 0 Å². The Bertz CT molecular complexity index is 1420. The van der Waals surface area contributed by atoms with Crippen LogP contribution in [0.1, 0.15) is 48.6 Å². The SMILES string of the molecule is CNc1cc(Nc2cccn([C@@H]3C[C@H]4CCO[C@H]43)c2=O)nn2c(C(=O)NC3CCC4CCOC43)cnc12. The number of rotatable bonds is 6. The maximum atomic E-state index is 13.3. The average molecular weight is 506 g/mol. The number of nitrogens with one attached hydrogen (secondary N) is 3. The Labute approximate surface area is 213 Å². The normalized spacial score (nSPS) is 30.1. The third kappa shape index (κ3) is 3.71. The summed E-state index contributed by atoms with van der Waals surface area (Å²) in [5.41, 5.74) is 1.85. The first kappa shape index (κ1) is 22.7. The van der Waals surface area contributed by atoms with E-state index in [1.165, 1.54) is 10.7 Å². The monoisotopic (exact) mass is 505 g/mol. The van der Waals surface area contributed by atoms with Crippen LogP contribution >= 0.6 is 0 Å². The third-order valence-corrected chi connectivity index (χ3v) is 8.58. The Hall–Kier alpha value is -3.44. The van der Waals surface area contributed by atoms with E-state index in [2.05, 4.69) is 26.0 Å². The predicted molar refractivity (Wildman–Crippen MR) is 136 cm³/mol. The summed E-state index contributed by atoms with van der Waals surface area (Å²) >= 11 is 0. The number of nitrogens with zero attached hydrogens (tertiary/aromatic N) is 4. The first-order valence-electron chi connectivity index (χ1n) is 13.2. The number of hydrogen-bond acceptors (Lipinski definition) is 8. The van der Waals surface area contributed by atoms with Gasteiger partial charge in [-0.1, -0.05) is 0 Å².